The molecule has 0 aromatic carbocycles. The summed E-state index contributed by atoms with van der Waals surface area (Å²) in [6, 6.07) is -4.70. The molecule has 0 aromatic rings. The Morgan fingerprint density at radius 3 is 1.95 bits per heavy atom. The number of nitrogens with zero attached hydrogens (tertiary/aromatic N) is 1. The van der Waals surface area contributed by atoms with Gasteiger partial charge in [0, 0.05) is 13.1 Å². The first-order chi connectivity index (χ1) is 27.8. The van der Waals surface area contributed by atoms with Crippen LogP contribution in [0.15, 0.2) is 12.7 Å². The Hall–Kier alpha value is -3.49. The van der Waals surface area contributed by atoms with E-state index in [1.807, 2.05) is 27.7 Å². The third-order valence-electron chi connectivity index (χ3n) is 14.5. The van der Waals surface area contributed by atoms with Gasteiger partial charge in [0.25, 0.3) is 5.91 Å². The van der Waals surface area contributed by atoms with Crippen molar-refractivity contribution in [3.8, 4) is 0 Å². The van der Waals surface area contributed by atoms with Gasteiger partial charge in [-0.3, -0.25) is 24.0 Å². The van der Waals surface area contributed by atoms with E-state index in [2.05, 4.69) is 47.0 Å². The molecule has 0 bridgehead atoms. The molecule has 5 N–H and O–H groups in total. The van der Waals surface area contributed by atoms with E-state index in [1.165, 1.54) is 6.08 Å². The molecule has 6 atom stereocenters. The summed E-state index contributed by atoms with van der Waals surface area (Å²) in [5.41, 5.74) is -2.69. The third-order valence-corrected chi connectivity index (χ3v) is 17.3. The van der Waals surface area contributed by atoms with E-state index < -0.39 is 90.6 Å². The Labute approximate surface area is 358 Å². The second kappa shape index (κ2) is 17.7. The van der Waals surface area contributed by atoms with Gasteiger partial charge in [-0.1, -0.05) is 99.0 Å². The molecule has 6 amide bonds. The van der Waals surface area contributed by atoms with Gasteiger partial charge in [-0.15, -0.1) is 6.58 Å². The number of hydrogen-bond donors (Lipinski definition) is 5. The summed E-state index contributed by atoms with van der Waals surface area (Å²) >= 11 is 0. The third kappa shape index (κ3) is 10.6. The second-order valence-electron chi connectivity index (χ2n) is 21.8. The molecule has 5 fully saturated rings. The molecule has 3 unspecified atom stereocenters. The van der Waals surface area contributed by atoms with Crippen molar-refractivity contribution < 1.29 is 37.2 Å². The molecule has 1 saturated heterocycles. The summed E-state index contributed by atoms with van der Waals surface area (Å²) in [5, 5.41) is 14.5. The normalized spacial score (nSPS) is 25.9. The number of hydrogen-bond acceptors (Lipinski definition) is 8. The zero-order valence-corrected chi connectivity index (χ0v) is 38.6. The topological polar surface area (TPSA) is 200 Å². The molecule has 1 heterocycles. The van der Waals surface area contributed by atoms with Crippen molar-refractivity contribution in [2.75, 3.05) is 18.8 Å². The van der Waals surface area contributed by atoms with E-state index in [0.29, 0.717) is 38.6 Å². The molecule has 0 spiro atoms. The lowest BCUT2D eigenvalue weighted by Gasteiger charge is -2.44. The molecule has 0 radical (unpaired) electrons. The fraction of sp³-hybridized carbons (Fsp3) is 0.822. The number of Topliss-reactive ketones (excluding diaryl/α,β-unsaturated/α-hetero) is 1. The predicted octanol–water partition coefficient (Wildman–Crippen LogP) is 4.71. The molecule has 15 heteroatoms. The van der Waals surface area contributed by atoms with Crippen LogP contribution in [0, 0.1) is 34.0 Å². The van der Waals surface area contributed by atoms with E-state index in [0.717, 1.165) is 51.4 Å². The van der Waals surface area contributed by atoms with Gasteiger partial charge in [0.2, 0.25) is 23.5 Å². The highest BCUT2D eigenvalue weighted by molar-refractivity contribution is 7.92. The van der Waals surface area contributed by atoms with Crippen molar-refractivity contribution in [2.24, 2.45) is 34.0 Å². The maximum Gasteiger partial charge on any atom is 0.315 e. The lowest BCUT2D eigenvalue weighted by atomic mass is 9.70. The van der Waals surface area contributed by atoms with Gasteiger partial charge in [-0.25, -0.2) is 13.2 Å². The van der Waals surface area contributed by atoms with Crippen LogP contribution in [0.4, 0.5) is 4.79 Å². The lowest BCUT2D eigenvalue weighted by Crippen LogP contribution is -2.66. The molecule has 60 heavy (non-hydrogen) atoms. The fourth-order valence-electron chi connectivity index (χ4n) is 10.2. The van der Waals surface area contributed by atoms with Crippen LogP contribution in [0.3, 0.4) is 0 Å². The average molecular weight is 859 g/mol. The standard InChI is InChI=1S/C45H74N6O8S/c1-11-24-46-37(54)33(52)30(25-28-18-19-28)47-36(53)32-31-29(43(31,8)9)26-51(32)39(56)35(41(2,3)4)48-38(55)34(44(10)20-14-12-15-21-44)49-40(57)50-45(22-16-13-17-23-45)27-60(58,59)42(5,6)7/h11,28-32,34-35H,1,12-27H2,2-10H3,(H,46,54)(H,47,53)(H,48,55)(H2,49,50,57)/t29?,30?,31?,32-,34+,35+/m0/s1. The van der Waals surface area contributed by atoms with Crippen LogP contribution in [-0.4, -0.2) is 102 Å². The Bertz CT molecular complexity index is 1780. The van der Waals surface area contributed by atoms with Gasteiger partial charge in [-0.2, -0.15) is 0 Å². The van der Waals surface area contributed by atoms with Gasteiger partial charge in [0.1, 0.15) is 18.1 Å². The Morgan fingerprint density at radius 1 is 0.833 bits per heavy atom. The Balaban J connectivity index is 1.39. The number of likely N-dealkylation sites (tertiary alicyclic amines) is 1. The smallest absolute Gasteiger partial charge is 0.315 e. The van der Waals surface area contributed by atoms with E-state index in [-0.39, 0.29) is 35.5 Å². The number of rotatable bonds is 16. The van der Waals surface area contributed by atoms with E-state index >= 15 is 0 Å². The summed E-state index contributed by atoms with van der Waals surface area (Å²) in [7, 11) is -3.60. The number of urea groups is 1. The van der Waals surface area contributed by atoms with Gasteiger partial charge in [-0.05, 0) is 86.9 Å². The van der Waals surface area contributed by atoms with Crippen molar-refractivity contribution in [3.05, 3.63) is 12.7 Å². The van der Waals surface area contributed by atoms with Crippen LogP contribution in [0.1, 0.15) is 146 Å². The van der Waals surface area contributed by atoms with Gasteiger partial charge >= 0.3 is 6.03 Å². The number of piperidine rings is 1. The minimum absolute atomic E-state index is 0.0236. The van der Waals surface area contributed by atoms with E-state index in [9.17, 15) is 37.2 Å². The van der Waals surface area contributed by atoms with Crippen LogP contribution in [-0.2, 0) is 33.8 Å². The summed E-state index contributed by atoms with van der Waals surface area (Å²) in [5.74, 6) is -3.12. The van der Waals surface area contributed by atoms with Crippen molar-refractivity contribution >= 4 is 45.3 Å². The lowest BCUT2D eigenvalue weighted by molar-refractivity contribution is -0.147. The van der Waals surface area contributed by atoms with E-state index in [1.54, 1.807) is 25.7 Å². The molecular weight excluding hydrogens is 785 g/mol. The zero-order chi connectivity index (χ0) is 44.6. The number of carbonyl (C=O) groups excluding carboxylic acids is 6. The quantitative estimate of drug-likeness (QED) is 0.109. The largest absolute Gasteiger partial charge is 0.346 e. The van der Waals surface area contributed by atoms with Crippen molar-refractivity contribution in [2.45, 2.75) is 180 Å². The summed E-state index contributed by atoms with van der Waals surface area (Å²) < 4.78 is 26.0. The summed E-state index contributed by atoms with van der Waals surface area (Å²) in [6.45, 7) is 20.6. The molecule has 338 valence electrons. The predicted molar refractivity (Wildman–Crippen MR) is 231 cm³/mol. The van der Waals surface area contributed by atoms with Crippen LogP contribution < -0.4 is 26.6 Å². The highest BCUT2D eigenvalue weighted by Gasteiger charge is 2.70. The van der Waals surface area contributed by atoms with Gasteiger partial charge in [0.05, 0.1) is 22.1 Å². The highest BCUT2D eigenvalue weighted by atomic mass is 32.2. The average Bonchev–Trinajstić information content (AvgIpc) is 4.01. The van der Waals surface area contributed by atoms with Crippen molar-refractivity contribution in [1.82, 2.24) is 31.5 Å². The number of nitrogens with one attached hydrogen (secondary N) is 5. The maximum absolute atomic E-state index is 14.9. The van der Waals surface area contributed by atoms with Crippen molar-refractivity contribution in [3.63, 3.8) is 0 Å². The van der Waals surface area contributed by atoms with Crippen LogP contribution >= 0.6 is 0 Å². The summed E-state index contributed by atoms with van der Waals surface area (Å²) in [6.07, 6.45) is 11.2. The molecule has 5 rings (SSSR count). The second-order valence-corrected chi connectivity index (χ2v) is 24.5. The highest BCUT2D eigenvalue weighted by Crippen LogP contribution is 2.65. The molecular formula is C45H74N6O8S. The molecule has 14 nitrogen and oxygen atoms in total. The van der Waals surface area contributed by atoms with Crippen LogP contribution in [0.25, 0.3) is 0 Å². The maximum atomic E-state index is 14.9. The molecule has 0 aromatic heterocycles. The number of ketones is 1. The minimum Gasteiger partial charge on any atom is -0.346 e. The first-order valence-electron chi connectivity index (χ1n) is 22.4. The monoisotopic (exact) mass is 859 g/mol. The van der Waals surface area contributed by atoms with Crippen LogP contribution in [0.5, 0.6) is 0 Å². The number of sulfone groups is 1. The van der Waals surface area contributed by atoms with Gasteiger partial charge < -0.3 is 31.5 Å². The van der Waals surface area contributed by atoms with E-state index in [4.69, 9.17) is 0 Å². The molecule has 5 aliphatic rings. The Kier molecular flexibility index (Phi) is 14.0. The zero-order valence-electron chi connectivity index (χ0n) is 37.8. The first-order valence-corrected chi connectivity index (χ1v) is 24.1. The first kappa shape index (κ1) is 47.6. The number of carbonyl (C=O) groups is 6. The minimum atomic E-state index is -3.60. The number of amides is 6. The van der Waals surface area contributed by atoms with Crippen LogP contribution in [0.2, 0.25) is 0 Å². The van der Waals surface area contributed by atoms with Gasteiger partial charge in [0.15, 0.2) is 9.84 Å². The van der Waals surface area contributed by atoms with Crippen molar-refractivity contribution in [1.29, 1.82) is 0 Å². The molecule has 4 saturated carbocycles. The molecule has 1 aliphatic heterocycles. The fourth-order valence-corrected chi connectivity index (χ4v) is 11.7. The molecule has 4 aliphatic carbocycles. The number of fused-ring (bicyclic) bond motifs is 1. The Morgan fingerprint density at radius 2 is 1.42 bits per heavy atom. The SMILES string of the molecule is C=CCNC(=O)C(=O)C(CC1CC1)NC(=O)[C@@H]1C2C(CN1C(=O)[C@@H](NC(=O)[C@@H](NC(=O)NC1(CS(=O)(=O)C(C)(C)C)CCCCC1)C1(C)CCCCC1)C(C)(C)C)C2(C)C. The summed E-state index contributed by atoms with van der Waals surface area (Å²) in [4.78, 5) is 85.8.